The normalized spacial score (nSPS) is 19.1. The number of nitrogens with zero attached hydrogens (tertiary/aromatic N) is 4. The molecule has 2 aliphatic heterocycles. The molecule has 1 fully saturated rings. The van der Waals surface area contributed by atoms with E-state index in [-0.39, 0.29) is 5.75 Å². The molecule has 1 unspecified atom stereocenters. The molecule has 29 heavy (non-hydrogen) atoms. The zero-order valence-electron chi connectivity index (χ0n) is 16.1. The van der Waals surface area contributed by atoms with E-state index in [9.17, 15) is 5.11 Å². The average molecular weight is 407 g/mol. The lowest BCUT2D eigenvalue weighted by Gasteiger charge is -2.21. The number of aromatic amines is 1. The summed E-state index contributed by atoms with van der Waals surface area (Å²) in [5.41, 5.74) is 4.15. The number of likely N-dealkylation sites (N-methyl/N-ethyl adjacent to an activating group) is 1. The van der Waals surface area contributed by atoms with Gasteiger partial charge in [-0.25, -0.2) is 0 Å². The van der Waals surface area contributed by atoms with Crippen molar-refractivity contribution in [3.63, 3.8) is 0 Å². The Morgan fingerprint density at radius 1 is 1.24 bits per heavy atom. The Bertz CT molecular complexity index is 1070. The van der Waals surface area contributed by atoms with E-state index in [4.69, 9.17) is 0 Å². The third kappa shape index (κ3) is 3.73. The van der Waals surface area contributed by atoms with E-state index in [1.807, 2.05) is 18.2 Å². The lowest BCUT2D eigenvalue weighted by atomic mass is 10.0. The van der Waals surface area contributed by atoms with Gasteiger partial charge in [0.15, 0.2) is 0 Å². The van der Waals surface area contributed by atoms with Crippen LogP contribution in [-0.4, -0.2) is 56.6 Å². The fourth-order valence-corrected chi connectivity index (χ4v) is 4.83. The molecule has 3 aromatic rings. The van der Waals surface area contributed by atoms with Crippen molar-refractivity contribution in [2.24, 2.45) is 0 Å². The van der Waals surface area contributed by atoms with E-state index in [2.05, 4.69) is 43.7 Å². The maximum Gasteiger partial charge on any atom is 0.125 e. The molecule has 7 nitrogen and oxygen atoms in total. The van der Waals surface area contributed by atoms with Gasteiger partial charge in [-0.2, -0.15) is 15.3 Å². The van der Waals surface area contributed by atoms with E-state index in [0.717, 1.165) is 47.6 Å². The van der Waals surface area contributed by atoms with Crippen molar-refractivity contribution in [1.82, 2.24) is 30.6 Å². The van der Waals surface area contributed by atoms with Crippen LogP contribution in [0, 0.1) is 0 Å². The largest absolute Gasteiger partial charge is 0.507 e. The summed E-state index contributed by atoms with van der Waals surface area (Å²) in [4.78, 5) is 3.43. The second kappa shape index (κ2) is 7.53. The van der Waals surface area contributed by atoms with Gasteiger partial charge in [-0.05, 0) is 49.9 Å². The summed E-state index contributed by atoms with van der Waals surface area (Å²) < 4.78 is 0. The van der Waals surface area contributed by atoms with Gasteiger partial charge >= 0.3 is 0 Å². The Morgan fingerprint density at radius 2 is 2.17 bits per heavy atom. The van der Waals surface area contributed by atoms with Gasteiger partial charge in [0.2, 0.25) is 0 Å². The molecule has 3 N–H and O–H groups in total. The molecule has 1 atom stereocenters. The first kappa shape index (κ1) is 18.2. The molecule has 2 aromatic heterocycles. The fourth-order valence-electron chi connectivity index (χ4n) is 3.79. The third-order valence-corrected chi connectivity index (χ3v) is 6.45. The number of hydrogen-bond acceptors (Lipinski definition) is 7. The number of rotatable bonds is 4. The lowest BCUT2D eigenvalue weighted by Crippen LogP contribution is -2.30. The molecule has 0 saturated carbocycles. The first-order valence-corrected chi connectivity index (χ1v) is 10.5. The highest BCUT2D eigenvalue weighted by molar-refractivity contribution is 8.03. The molecular formula is C21H22N6OS. The molecule has 2 aliphatic rings. The summed E-state index contributed by atoms with van der Waals surface area (Å²) in [7, 11) is 2.16. The summed E-state index contributed by atoms with van der Waals surface area (Å²) in [6.45, 7) is 2.21. The van der Waals surface area contributed by atoms with Crippen LogP contribution in [0.5, 0.6) is 5.75 Å². The SMILES string of the molecule is CN1CCC(NC2=CCc3nnc(-c4ccc(-c5cn[nH]c5)cc4O)cc3S2)C1. The van der Waals surface area contributed by atoms with E-state index in [1.54, 1.807) is 30.2 Å². The topological polar surface area (TPSA) is 90.0 Å². The summed E-state index contributed by atoms with van der Waals surface area (Å²) in [5.74, 6) is 0.182. The van der Waals surface area contributed by atoms with Crippen LogP contribution >= 0.6 is 11.8 Å². The van der Waals surface area contributed by atoms with Crippen LogP contribution in [0.15, 0.2) is 52.7 Å². The van der Waals surface area contributed by atoms with E-state index < -0.39 is 0 Å². The fraction of sp³-hybridized carbons (Fsp3) is 0.286. The van der Waals surface area contributed by atoms with E-state index >= 15 is 0 Å². The van der Waals surface area contributed by atoms with Gasteiger partial charge < -0.3 is 15.3 Å². The summed E-state index contributed by atoms with van der Waals surface area (Å²) >= 11 is 1.70. The number of H-pyrrole nitrogens is 1. The van der Waals surface area contributed by atoms with Crippen molar-refractivity contribution in [3.8, 4) is 28.1 Å². The number of benzene rings is 1. The van der Waals surface area contributed by atoms with E-state index in [1.165, 1.54) is 5.03 Å². The van der Waals surface area contributed by atoms with Gasteiger partial charge in [-0.3, -0.25) is 5.10 Å². The summed E-state index contributed by atoms with van der Waals surface area (Å²) in [6, 6.07) is 8.09. The molecule has 0 radical (unpaired) electrons. The zero-order chi connectivity index (χ0) is 19.8. The number of hydrogen-bond donors (Lipinski definition) is 3. The lowest BCUT2D eigenvalue weighted by molar-refractivity contribution is 0.405. The molecule has 8 heteroatoms. The second-order valence-corrected chi connectivity index (χ2v) is 8.61. The Labute approximate surface area is 173 Å². The number of aromatic nitrogens is 4. The third-order valence-electron chi connectivity index (χ3n) is 5.37. The monoisotopic (exact) mass is 406 g/mol. The molecule has 0 amide bonds. The summed E-state index contributed by atoms with van der Waals surface area (Å²) in [6.07, 6.45) is 7.65. The summed E-state index contributed by atoms with van der Waals surface area (Å²) in [5, 5.41) is 30.9. The Hall–Kier alpha value is -2.84. The minimum Gasteiger partial charge on any atom is -0.507 e. The zero-order valence-corrected chi connectivity index (χ0v) is 16.9. The average Bonchev–Trinajstić information content (AvgIpc) is 3.39. The molecule has 0 bridgehead atoms. The molecule has 5 rings (SSSR count). The van der Waals surface area contributed by atoms with Crippen molar-refractivity contribution >= 4 is 11.8 Å². The molecule has 148 valence electrons. The highest BCUT2D eigenvalue weighted by Gasteiger charge is 2.22. The van der Waals surface area contributed by atoms with Crippen LogP contribution in [-0.2, 0) is 6.42 Å². The molecular weight excluding hydrogens is 384 g/mol. The molecule has 1 aromatic carbocycles. The smallest absolute Gasteiger partial charge is 0.125 e. The molecule has 4 heterocycles. The van der Waals surface area contributed by atoms with Crippen LogP contribution in [0.1, 0.15) is 12.1 Å². The molecule has 0 aliphatic carbocycles. The molecule has 1 saturated heterocycles. The van der Waals surface area contributed by atoms with E-state index in [0.29, 0.717) is 17.3 Å². The minimum absolute atomic E-state index is 0.182. The van der Waals surface area contributed by atoms with Crippen molar-refractivity contribution in [2.45, 2.75) is 23.8 Å². The standard InChI is InChI=1S/C21H22N6OS/c1-27-7-6-15(12-27)24-21-5-4-17-20(29-21)9-18(26-25-17)16-3-2-13(8-19(16)28)14-10-22-23-11-14/h2-3,5,8-11,15,24,28H,4,6-7,12H2,1H3,(H,22,23). The Morgan fingerprint density at radius 3 is 2.93 bits per heavy atom. The second-order valence-electron chi connectivity index (χ2n) is 7.53. The van der Waals surface area contributed by atoms with Crippen LogP contribution in [0.3, 0.4) is 0 Å². The first-order valence-electron chi connectivity index (χ1n) is 9.68. The number of aromatic hydroxyl groups is 1. The van der Waals surface area contributed by atoms with Crippen molar-refractivity contribution < 1.29 is 5.11 Å². The van der Waals surface area contributed by atoms with Gasteiger partial charge in [0.1, 0.15) is 5.75 Å². The number of phenolic OH excluding ortho intramolecular Hbond substituents is 1. The number of fused-ring (bicyclic) bond motifs is 1. The maximum atomic E-state index is 10.6. The van der Waals surface area contributed by atoms with Gasteiger partial charge in [0.05, 0.1) is 22.6 Å². The van der Waals surface area contributed by atoms with Crippen LogP contribution in [0.2, 0.25) is 0 Å². The predicted octanol–water partition coefficient (Wildman–Crippen LogP) is 3.02. The number of nitrogens with one attached hydrogen (secondary N) is 2. The number of likely N-dealkylation sites (tertiary alicyclic amines) is 1. The van der Waals surface area contributed by atoms with Gasteiger partial charge in [0.25, 0.3) is 0 Å². The first-order chi connectivity index (χ1) is 14.2. The van der Waals surface area contributed by atoms with Gasteiger partial charge in [0, 0.05) is 41.2 Å². The number of phenols is 1. The Kier molecular flexibility index (Phi) is 4.73. The number of thioether (sulfide) groups is 1. The van der Waals surface area contributed by atoms with Gasteiger partial charge in [-0.15, -0.1) is 0 Å². The molecule has 0 spiro atoms. The van der Waals surface area contributed by atoms with Crippen molar-refractivity contribution in [2.75, 3.05) is 20.1 Å². The van der Waals surface area contributed by atoms with Crippen LogP contribution < -0.4 is 5.32 Å². The maximum absolute atomic E-state index is 10.6. The quantitative estimate of drug-likeness (QED) is 0.614. The predicted molar refractivity (Wildman–Crippen MR) is 113 cm³/mol. The van der Waals surface area contributed by atoms with Crippen LogP contribution in [0.4, 0.5) is 0 Å². The highest BCUT2D eigenvalue weighted by Crippen LogP contribution is 2.37. The van der Waals surface area contributed by atoms with Crippen molar-refractivity contribution in [1.29, 1.82) is 0 Å². The van der Waals surface area contributed by atoms with Crippen molar-refractivity contribution in [3.05, 3.63) is 53.5 Å². The Balaban J connectivity index is 1.37. The number of allylic oxidation sites excluding steroid dienone is 1. The minimum atomic E-state index is 0.182. The van der Waals surface area contributed by atoms with Gasteiger partial charge in [-0.1, -0.05) is 17.8 Å². The highest BCUT2D eigenvalue weighted by atomic mass is 32.2. The van der Waals surface area contributed by atoms with Crippen LogP contribution in [0.25, 0.3) is 22.4 Å².